The minimum absolute atomic E-state index is 0.208. The molecule has 3 rings (SSSR count). The molecule has 0 unspecified atom stereocenters. The van der Waals surface area contributed by atoms with Gasteiger partial charge in [-0.05, 0) is 35.8 Å². The summed E-state index contributed by atoms with van der Waals surface area (Å²) in [4.78, 5) is 29.5. The molecule has 6 heteroatoms. The number of benzene rings is 2. The molecule has 0 radical (unpaired) electrons. The summed E-state index contributed by atoms with van der Waals surface area (Å²) < 4.78 is 0. The van der Waals surface area contributed by atoms with Crippen molar-refractivity contribution in [1.82, 2.24) is 0 Å². The molecule has 1 fully saturated rings. The smallest absolute Gasteiger partial charge is 0.371 e. The molecule has 0 atom stereocenters. The molecule has 22 heavy (non-hydrogen) atoms. The van der Waals surface area contributed by atoms with Gasteiger partial charge in [-0.3, -0.25) is 14.9 Å². The Labute approximate surface area is 126 Å². The summed E-state index contributed by atoms with van der Waals surface area (Å²) in [6, 6.07) is 11.2. The zero-order chi connectivity index (χ0) is 16.3. The molecule has 0 aromatic heterocycles. The number of carbonyl (C=O) groups excluding carboxylic acids is 1. The molecule has 6 nitrogen and oxygen atoms in total. The fourth-order valence-corrected chi connectivity index (χ4v) is 2.22. The molecule has 0 amide bonds. The van der Waals surface area contributed by atoms with E-state index in [1.165, 1.54) is 18.4 Å². The maximum Gasteiger partial charge on any atom is 0.371 e. The van der Waals surface area contributed by atoms with Crippen LogP contribution in [0, 0.1) is 10.1 Å². The SMILES string of the molecule is CC(=O)C(=O)O.O=[N+]([O-])c1ccc(C2CC2)c2ccccc12. The van der Waals surface area contributed by atoms with Crippen LogP contribution >= 0.6 is 0 Å². The number of carboxylic acid groups (broad SMARTS) is 1. The van der Waals surface area contributed by atoms with Crippen molar-refractivity contribution >= 4 is 28.2 Å². The van der Waals surface area contributed by atoms with E-state index in [-0.39, 0.29) is 10.6 Å². The number of hydrogen-bond donors (Lipinski definition) is 1. The second-order valence-electron chi connectivity index (χ2n) is 5.11. The number of non-ortho nitro benzene ring substituents is 1. The number of rotatable bonds is 3. The van der Waals surface area contributed by atoms with E-state index in [1.807, 2.05) is 30.3 Å². The van der Waals surface area contributed by atoms with E-state index in [1.54, 1.807) is 6.07 Å². The van der Waals surface area contributed by atoms with Crippen LogP contribution < -0.4 is 0 Å². The first-order chi connectivity index (χ1) is 10.4. The van der Waals surface area contributed by atoms with Crippen molar-refractivity contribution in [3.05, 3.63) is 52.1 Å². The second-order valence-corrected chi connectivity index (χ2v) is 5.11. The van der Waals surface area contributed by atoms with Crippen LogP contribution in [-0.4, -0.2) is 21.8 Å². The van der Waals surface area contributed by atoms with E-state index >= 15 is 0 Å². The number of aliphatic carboxylic acids is 1. The van der Waals surface area contributed by atoms with Gasteiger partial charge in [-0.15, -0.1) is 0 Å². The van der Waals surface area contributed by atoms with Crippen molar-refractivity contribution in [2.75, 3.05) is 0 Å². The fraction of sp³-hybridized carbons (Fsp3) is 0.250. The van der Waals surface area contributed by atoms with Gasteiger partial charge in [0, 0.05) is 13.0 Å². The third-order valence-corrected chi connectivity index (χ3v) is 3.45. The Balaban J connectivity index is 0.000000254. The molecule has 114 valence electrons. The Hall–Kier alpha value is -2.76. The summed E-state index contributed by atoms with van der Waals surface area (Å²) >= 11 is 0. The highest BCUT2D eigenvalue weighted by atomic mass is 16.6. The molecule has 0 bridgehead atoms. The molecule has 0 aliphatic heterocycles. The summed E-state index contributed by atoms with van der Waals surface area (Å²) in [6.07, 6.45) is 2.42. The van der Waals surface area contributed by atoms with Crippen molar-refractivity contribution in [2.24, 2.45) is 0 Å². The maximum absolute atomic E-state index is 10.9. The molecule has 1 aliphatic rings. The van der Waals surface area contributed by atoms with Gasteiger partial charge in [0.1, 0.15) is 0 Å². The van der Waals surface area contributed by atoms with Crippen molar-refractivity contribution < 1.29 is 19.6 Å². The zero-order valence-electron chi connectivity index (χ0n) is 12.0. The van der Waals surface area contributed by atoms with Crippen molar-refractivity contribution in [3.63, 3.8) is 0 Å². The average Bonchev–Trinajstić information content (AvgIpc) is 3.31. The largest absolute Gasteiger partial charge is 0.476 e. The van der Waals surface area contributed by atoms with Crippen LogP contribution in [0.1, 0.15) is 31.2 Å². The number of nitrogens with zero attached hydrogens (tertiary/aromatic N) is 1. The van der Waals surface area contributed by atoms with Gasteiger partial charge < -0.3 is 5.11 Å². The van der Waals surface area contributed by atoms with E-state index in [0.29, 0.717) is 5.92 Å². The first-order valence-electron chi connectivity index (χ1n) is 6.81. The summed E-state index contributed by atoms with van der Waals surface area (Å²) in [5, 5.41) is 20.4. The highest BCUT2D eigenvalue weighted by Gasteiger charge is 2.26. The quantitative estimate of drug-likeness (QED) is 0.533. The van der Waals surface area contributed by atoms with Gasteiger partial charge in [0.05, 0.1) is 10.3 Å². The summed E-state index contributed by atoms with van der Waals surface area (Å²) in [5.41, 5.74) is 1.47. The standard InChI is InChI=1S/C13H11NO2.C3H4O3/c15-14(16)13-8-7-10(9-5-6-9)11-3-1-2-4-12(11)13;1-2(4)3(5)6/h1-4,7-9H,5-6H2;1H3,(H,5,6). The van der Waals surface area contributed by atoms with Gasteiger partial charge >= 0.3 is 5.97 Å². The lowest BCUT2D eigenvalue weighted by Crippen LogP contribution is -2.05. The minimum atomic E-state index is -1.38. The molecule has 0 saturated heterocycles. The van der Waals surface area contributed by atoms with Crippen LogP contribution in [0.2, 0.25) is 0 Å². The van der Waals surface area contributed by atoms with Gasteiger partial charge in [0.15, 0.2) is 0 Å². The predicted octanol–water partition coefficient (Wildman–Crippen LogP) is 3.29. The normalized spacial score (nSPS) is 13.1. The average molecular weight is 301 g/mol. The molecule has 1 aliphatic carbocycles. The Morgan fingerprint density at radius 2 is 1.68 bits per heavy atom. The van der Waals surface area contributed by atoms with Crippen LogP contribution in [0.5, 0.6) is 0 Å². The van der Waals surface area contributed by atoms with Gasteiger partial charge in [0.25, 0.3) is 5.69 Å². The third kappa shape index (κ3) is 3.46. The number of nitro benzene ring substituents is 1. The number of ketones is 1. The number of Topliss-reactive ketones (excluding diaryl/α,β-unsaturated/α-hetero) is 1. The number of fused-ring (bicyclic) bond motifs is 1. The van der Waals surface area contributed by atoms with Crippen LogP contribution in [0.15, 0.2) is 36.4 Å². The lowest BCUT2D eigenvalue weighted by Gasteiger charge is -2.05. The number of nitro groups is 1. The minimum Gasteiger partial charge on any atom is -0.476 e. The van der Waals surface area contributed by atoms with Gasteiger partial charge in [-0.25, -0.2) is 4.79 Å². The van der Waals surface area contributed by atoms with Crippen LogP contribution in [-0.2, 0) is 9.59 Å². The highest BCUT2D eigenvalue weighted by molar-refractivity contribution is 6.31. The summed E-state index contributed by atoms with van der Waals surface area (Å²) in [5.74, 6) is -1.59. The molecule has 2 aromatic rings. The topological polar surface area (TPSA) is 97.5 Å². The van der Waals surface area contributed by atoms with Gasteiger partial charge in [-0.2, -0.15) is 0 Å². The third-order valence-electron chi connectivity index (χ3n) is 3.45. The van der Waals surface area contributed by atoms with E-state index in [9.17, 15) is 19.7 Å². The molecule has 0 heterocycles. The van der Waals surface area contributed by atoms with E-state index < -0.39 is 11.8 Å². The summed E-state index contributed by atoms with van der Waals surface area (Å²) in [7, 11) is 0. The fourth-order valence-electron chi connectivity index (χ4n) is 2.22. The molecule has 1 N–H and O–H groups in total. The van der Waals surface area contributed by atoms with E-state index in [2.05, 4.69) is 0 Å². The Kier molecular flexibility index (Phi) is 4.50. The maximum atomic E-state index is 10.9. The Morgan fingerprint density at radius 1 is 1.14 bits per heavy atom. The summed E-state index contributed by atoms with van der Waals surface area (Å²) in [6.45, 7) is 1.00. The molecule has 1 saturated carbocycles. The zero-order valence-corrected chi connectivity index (χ0v) is 12.0. The molecular weight excluding hydrogens is 286 g/mol. The molecule has 0 spiro atoms. The lowest BCUT2D eigenvalue weighted by atomic mass is 10.00. The Morgan fingerprint density at radius 3 is 2.14 bits per heavy atom. The number of carboxylic acids is 1. The van der Waals surface area contributed by atoms with E-state index in [0.717, 1.165) is 17.7 Å². The first kappa shape index (κ1) is 15.6. The van der Waals surface area contributed by atoms with Crippen molar-refractivity contribution in [1.29, 1.82) is 0 Å². The predicted molar refractivity (Wildman–Crippen MR) is 80.9 cm³/mol. The Bertz CT molecular complexity index is 737. The van der Waals surface area contributed by atoms with Crippen molar-refractivity contribution in [2.45, 2.75) is 25.7 Å². The van der Waals surface area contributed by atoms with Gasteiger partial charge in [0.2, 0.25) is 5.78 Å². The van der Waals surface area contributed by atoms with Gasteiger partial charge in [-0.1, -0.05) is 24.3 Å². The number of carbonyl (C=O) groups is 2. The molecule has 2 aromatic carbocycles. The molecular formula is C16H15NO5. The first-order valence-corrected chi connectivity index (χ1v) is 6.81. The monoisotopic (exact) mass is 301 g/mol. The van der Waals surface area contributed by atoms with Crippen LogP contribution in [0.25, 0.3) is 10.8 Å². The lowest BCUT2D eigenvalue weighted by molar-refractivity contribution is -0.383. The van der Waals surface area contributed by atoms with Crippen molar-refractivity contribution in [3.8, 4) is 0 Å². The highest BCUT2D eigenvalue weighted by Crippen LogP contribution is 2.44. The van der Waals surface area contributed by atoms with E-state index in [4.69, 9.17) is 5.11 Å². The number of hydrogen-bond acceptors (Lipinski definition) is 4. The second kappa shape index (κ2) is 6.34. The van der Waals surface area contributed by atoms with Crippen LogP contribution in [0.4, 0.5) is 5.69 Å². The van der Waals surface area contributed by atoms with Crippen LogP contribution in [0.3, 0.4) is 0 Å².